The van der Waals surface area contributed by atoms with Gasteiger partial charge in [0.2, 0.25) is 5.60 Å². The minimum atomic E-state index is -5.44. The largest absolute Gasteiger partial charge is 0.466 e. The summed E-state index contributed by atoms with van der Waals surface area (Å²) in [6.45, 7) is 0. The normalized spacial score (nSPS) is 25.8. The second-order valence-electron chi connectivity index (χ2n) is 6.26. The quantitative estimate of drug-likeness (QED) is 0.391. The number of alkyl halides is 6. The first-order valence-electron chi connectivity index (χ1n) is 8.42. The summed E-state index contributed by atoms with van der Waals surface area (Å²) >= 11 is 0. The number of benzene rings is 2. The lowest BCUT2D eigenvalue weighted by Gasteiger charge is -2.34. The molecule has 1 fully saturated rings. The molecule has 0 aliphatic carbocycles. The van der Waals surface area contributed by atoms with E-state index in [-0.39, 0.29) is 6.08 Å². The number of rotatable bonds is 3. The van der Waals surface area contributed by atoms with Gasteiger partial charge in [0.05, 0.1) is 13.2 Å². The van der Waals surface area contributed by atoms with Gasteiger partial charge < -0.3 is 14.2 Å². The van der Waals surface area contributed by atoms with Crippen LogP contribution < -0.4 is 0 Å². The van der Waals surface area contributed by atoms with Crippen molar-refractivity contribution < 1.29 is 45.3 Å². The van der Waals surface area contributed by atoms with Crippen molar-refractivity contribution in [2.24, 2.45) is 0 Å². The lowest BCUT2D eigenvalue weighted by Crippen LogP contribution is -2.49. The molecule has 1 aliphatic heterocycles. The Morgan fingerprint density at radius 3 is 1.80 bits per heavy atom. The number of hydrogen-bond donors (Lipinski definition) is 0. The van der Waals surface area contributed by atoms with E-state index in [1.54, 1.807) is 0 Å². The number of methoxy groups -OCH3 is 1. The standard InChI is InChI=1S/C20H14F6O4/c1-28-16(27)12-15-17(19(21,22)23,13-8-4-2-5-9-13)30-18(29-15,20(24,25)26)14-10-6-3-7-11-14/h2-12H,1H3/b15-12-/t17-,18-/m0/s1. The molecule has 2 aromatic rings. The molecule has 0 saturated carbocycles. The van der Waals surface area contributed by atoms with Crippen LogP contribution in [0, 0.1) is 0 Å². The van der Waals surface area contributed by atoms with Gasteiger partial charge in [-0.3, -0.25) is 0 Å². The summed E-state index contributed by atoms with van der Waals surface area (Å²) in [4.78, 5) is 11.7. The van der Waals surface area contributed by atoms with Crippen LogP contribution in [0.3, 0.4) is 0 Å². The van der Waals surface area contributed by atoms with Crippen LogP contribution >= 0.6 is 0 Å². The Labute approximate surface area is 166 Å². The average Bonchev–Trinajstić information content (AvgIpc) is 3.06. The van der Waals surface area contributed by atoms with Crippen molar-refractivity contribution in [3.63, 3.8) is 0 Å². The van der Waals surface area contributed by atoms with Crippen LogP contribution in [0.2, 0.25) is 0 Å². The molecule has 30 heavy (non-hydrogen) atoms. The summed E-state index contributed by atoms with van der Waals surface area (Å²) in [5, 5.41) is 0. The molecule has 1 aliphatic rings. The molecule has 3 rings (SSSR count). The number of hydrogen-bond acceptors (Lipinski definition) is 4. The molecule has 0 radical (unpaired) electrons. The molecular formula is C20H14F6O4. The van der Waals surface area contributed by atoms with E-state index in [1.807, 2.05) is 0 Å². The van der Waals surface area contributed by atoms with Crippen LogP contribution in [0.1, 0.15) is 11.1 Å². The first-order valence-corrected chi connectivity index (χ1v) is 8.42. The van der Waals surface area contributed by atoms with Crippen LogP contribution in [-0.2, 0) is 30.4 Å². The van der Waals surface area contributed by atoms with Gasteiger partial charge in [0.1, 0.15) is 0 Å². The molecule has 2 atom stereocenters. The maximum absolute atomic E-state index is 14.4. The molecule has 0 N–H and O–H groups in total. The molecule has 0 unspecified atom stereocenters. The number of ether oxygens (including phenoxy) is 3. The second-order valence-corrected chi connectivity index (χ2v) is 6.26. The number of carbonyl (C=O) groups excluding carboxylic acids is 1. The Bertz CT molecular complexity index is 939. The first-order chi connectivity index (χ1) is 14.0. The van der Waals surface area contributed by atoms with Gasteiger partial charge in [-0.25, -0.2) is 4.79 Å². The van der Waals surface area contributed by atoms with Crippen molar-refractivity contribution >= 4 is 5.97 Å². The van der Waals surface area contributed by atoms with Gasteiger partial charge in [-0.1, -0.05) is 60.7 Å². The van der Waals surface area contributed by atoms with Gasteiger partial charge in [-0.05, 0) is 0 Å². The smallest absolute Gasteiger partial charge is 0.460 e. The van der Waals surface area contributed by atoms with Gasteiger partial charge in [0, 0.05) is 11.1 Å². The maximum atomic E-state index is 14.4. The molecule has 1 heterocycles. The first kappa shape index (κ1) is 21.7. The maximum Gasteiger partial charge on any atom is 0.460 e. The molecule has 4 nitrogen and oxygen atoms in total. The Kier molecular flexibility index (Phi) is 5.32. The van der Waals surface area contributed by atoms with E-state index in [0.717, 1.165) is 31.4 Å². The molecule has 0 bridgehead atoms. The fourth-order valence-corrected chi connectivity index (χ4v) is 3.10. The minimum absolute atomic E-state index is 0.205. The third-order valence-corrected chi connectivity index (χ3v) is 4.45. The lowest BCUT2D eigenvalue weighted by molar-refractivity contribution is -0.386. The summed E-state index contributed by atoms with van der Waals surface area (Å²) in [7, 11) is 0.862. The molecule has 0 aromatic heterocycles. The molecule has 160 valence electrons. The van der Waals surface area contributed by atoms with Crippen molar-refractivity contribution in [3.05, 3.63) is 83.6 Å². The summed E-state index contributed by atoms with van der Waals surface area (Å²) in [6, 6.07) is 11.2. The highest BCUT2D eigenvalue weighted by molar-refractivity contribution is 5.83. The number of carbonyl (C=O) groups is 1. The van der Waals surface area contributed by atoms with Gasteiger partial charge in [-0.15, -0.1) is 0 Å². The zero-order chi connectivity index (χ0) is 22.2. The minimum Gasteiger partial charge on any atom is -0.466 e. The zero-order valence-electron chi connectivity index (χ0n) is 15.3. The molecule has 2 aromatic carbocycles. The SMILES string of the molecule is COC(=O)/C=C1\O[C@](c2ccccc2)(C(F)(F)F)O[C@]1(c1ccccc1)C(F)(F)F. The van der Waals surface area contributed by atoms with E-state index in [9.17, 15) is 31.1 Å². The van der Waals surface area contributed by atoms with Crippen molar-refractivity contribution in [3.8, 4) is 0 Å². The van der Waals surface area contributed by atoms with Crippen LogP contribution in [0.15, 0.2) is 72.5 Å². The summed E-state index contributed by atoms with van der Waals surface area (Å²) in [6.07, 6.45) is -10.7. The topological polar surface area (TPSA) is 44.8 Å². The van der Waals surface area contributed by atoms with E-state index in [0.29, 0.717) is 0 Å². The fraction of sp³-hybridized carbons (Fsp3) is 0.250. The summed E-state index contributed by atoms with van der Waals surface area (Å²) < 4.78 is 99.7. The summed E-state index contributed by atoms with van der Waals surface area (Å²) in [5.74, 6) is -6.56. The Balaban J connectivity index is 2.37. The van der Waals surface area contributed by atoms with E-state index in [2.05, 4.69) is 4.74 Å². The monoisotopic (exact) mass is 432 g/mol. The Hall–Kier alpha value is -3.01. The van der Waals surface area contributed by atoms with Crippen LogP contribution in [0.25, 0.3) is 0 Å². The van der Waals surface area contributed by atoms with Gasteiger partial charge in [0.25, 0.3) is 0 Å². The van der Waals surface area contributed by atoms with E-state index >= 15 is 0 Å². The molecular weight excluding hydrogens is 418 g/mol. The van der Waals surface area contributed by atoms with Gasteiger partial charge >= 0.3 is 24.1 Å². The molecule has 0 amide bonds. The fourth-order valence-electron chi connectivity index (χ4n) is 3.10. The second kappa shape index (κ2) is 7.35. The highest BCUT2D eigenvalue weighted by Crippen LogP contribution is 2.62. The third kappa shape index (κ3) is 3.30. The van der Waals surface area contributed by atoms with Crippen molar-refractivity contribution in [2.75, 3.05) is 7.11 Å². The van der Waals surface area contributed by atoms with Crippen LogP contribution in [0.4, 0.5) is 26.3 Å². The van der Waals surface area contributed by atoms with Crippen LogP contribution in [-0.4, -0.2) is 25.4 Å². The zero-order valence-corrected chi connectivity index (χ0v) is 15.3. The number of esters is 1. The highest BCUT2D eigenvalue weighted by atomic mass is 19.4. The van der Waals surface area contributed by atoms with Crippen LogP contribution in [0.5, 0.6) is 0 Å². The third-order valence-electron chi connectivity index (χ3n) is 4.45. The molecule has 10 heteroatoms. The average molecular weight is 432 g/mol. The van der Waals surface area contributed by atoms with Gasteiger partial charge in [-0.2, -0.15) is 26.3 Å². The van der Waals surface area contributed by atoms with Gasteiger partial charge in [0.15, 0.2) is 5.76 Å². The van der Waals surface area contributed by atoms with Crippen molar-refractivity contribution in [2.45, 2.75) is 23.7 Å². The number of halogens is 6. The Morgan fingerprint density at radius 1 is 0.867 bits per heavy atom. The molecule has 0 spiro atoms. The highest BCUT2D eigenvalue weighted by Gasteiger charge is 2.77. The summed E-state index contributed by atoms with van der Waals surface area (Å²) in [5.41, 5.74) is -5.14. The van der Waals surface area contributed by atoms with E-state index < -0.39 is 46.6 Å². The predicted octanol–water partition coefficient (Wildman–Crippen LogP) is 4.96. The predicted molar refractivity (Wildman–Crippen MR) is 90.6 cm³/mol. The lowest BCUT2D eigenvalue weighted by atomic mass is 9.90. The van der Waals surface area contributed by atoms with E-state index in [4.69, 9.17) is 9.47 Å². The van der Waals surface area contributed by atoms with E-state index in [1.165, 1.54) is 36.4 Å². The van der Waals surface area contributed by atoms with Crippen molar-refractivity contribution in [1.82, 2.24) is 0 Å². The Morgan fingerprint density at radius 2 is 1.37 bits per heavy atom. The van der Waals surface area contributed by atoms with Crippen molar-refractivity contribution in [1.29, 1.82) is 0 Å². The molecule has 1 saturated heterocycles.